The topological polar surface area (TPSA) is 34.0 Å². The molecule has 1 unspecified atom stereocenters. The lowest BCUT2D eigenvalue weighted by Gasteiger charge is -2.14. The van der Waals surface area contributed by atoms with Crippen molar-refractivity contribution in [2.75, 3.05) is 6.54 Å². The van der Waals surface area contributed by atoms with Crippen molar-refractivity contribution in [2.45, 2.75) is 46.7 Å². The number of nitrogens with one attached hydrogen (secondary N) is 1. The van der Waals surface area contributed by atoms with Gasteiger partial charge in [0, 0.05) is 24.3 Å². The van der Waals surface area contributed by atoms with E-state index >= 15 is 0 Å². The third-order valence-electron chi connectivity index (χ3n) is 2.99. The Balaban J connectivity index is 2.77. The molecule has 0 amide bonds. The zero-order chi connectivity index (χ0) is 12.8. The Morgan fingerprint density at radius 3 is 2.65 bits per heavy atom. The van der Waals surface area contributed by atoms with Crippen LogP contribution in [0.2, 0.25) is 0 Å². The van der Waals surface area contributed by atoms with Crippen LogP contribution < -0.4 is 10.9 Å². The quantitative estimate of drug-likeness (QED) is 0.823. The molecule has 0 saturated carbocycles. The molecule has 0 aliphatic carbocycles. The van der Waals surface area contributed by atoms with Crippen LogP contribution in [-0.4, -0.2) is 11.1 Å². The molecule has 1 rings (SSSR count). The molecule has 0 radical (unpaired) electrons. The maximum Gasteiger partial charge on any atom is 0.255 e. The van der Waals surface area contributed by atoms with Crippen LogP contribution in [0, 0.1) is 5.92 Å². The highest BCUT2D eigenvalue weighted by atomic mass is 16.1. The molecule has 0 aliphatic heterocycles. The van der Waals surface area contributed by atoms with Gasteiger partial charge in [-0.25, -0.2) is 0 Å². The van der Waals surface area contributed by atoms with Crippen molar-refractivity contribution in [3.63, 3.8) is 0 Å². The number of nitrogens with zero attached hydrogens (tertiary/aromatic N) is 1. The molecule has 0 aliphatic rings. The average molecular weight is 236 g/mol. The van der Waals surface area contributed by atoms with E-state index in [2.05, 4.69) is 33.0 Å². The highest BCUT2D eigenvalue weighted by Crippen LogP contribution is 2.06. The van der Waals surface area contributed by atoms with Gasteiger partial charge < -0.3 is 9.88 Å². The third kappa shape index (κ3) is 4.00. The summed E-state index contributed by atoms with van der Waals surface area (Å²) in [6.07, 6.45) is 2.85. The Bertz CT molecular complexity index is 395. The molecule has 96 valence electrons. The summed E-state index contributed by atoms with van der Waals surface area (Å²) in [5.41, 5.74) is 0.992. The highest BCUT2D eigenvalue weighted by molar-refractivity contribution is 5.10. The van der Waals surface area contributed by atoms with Gasteiger partial charge in [0.2, 0.25) is 0 Å². The number of rotatable bonds is 6. The van der Waals surface area contributed by atoms with E-state index in [4.69, 9.17) is 0 Å². The second kappa shape index (κ2) is 6.60. The zero-order valence-corrected chi connectivity index (χ0v) is 11.4. The minimum atomic E-state index is 0.137. The van der Waals surface area contributed by atoms with Crippen molar-refractivity contribution >= 4 is 0 Å². The fourth-order valence-electron chi connectivity index (χ4n) is 1.73. The van der Waals surface area contributed by atoms with Gasteiger partial charge in [-0.15, -0.1) is 0 Å². The number of hydrogen-bond donors (Lipinski definition) is 1. The molecule has 1 atom stereocenters. The van der Waals surface area contributed by atoms with Gasteiger partial charge in [-0.1, -0.05) is 26.8 Å². The predicted molar refractivity (Wildman–Crippen MR) is 72.2 cm³/mol. The Morgan fingerprint density at radius 1 is 1.35 bits per heavy atom. The van der Waals surface area contributed by atoms with Crippen molar-refractivity contribution in [1.29, 1.82) is 0 Å². The van der Waals surface area contributed by atoms with Crippen LogP contribution >= 0.6 is 0 Å². The van der Waals surface area contributed by atoms with Crippen molar-refractivity contribution in [2.24, 2.45) is 5.92 Å². The van der Waals surface area contributed by atoms with E-state index in [-0.39, 0.29) is 11.6 Å². The van der Waals surface area contributed by atoms with Crippen LogP contribution in [0.25, 0.3) is 0 Å². The van der Waals surface area contributed by atoms with Crippen LogP contribution in [0.4, 0.5) is 0 Å². The summed E-state index contributed by atoms with van der Waals surface area (Å²) in [7, 11) is 0. The smallest absolute Gasteiger partial charge is 0.255 e. The minimum Gasteiger partial charge on any atom is -0.312 e. The standard InChI is InChI=1S/C14H24N2O/c1-5-12(4)16-8-6-7-13(14(16)17)10-15-9-11(2)3/h6-8,11-12,15H,5,9-10H2,1-4H3. The van der Waals surface area contributed by atoms with Gasteiger partial charge in [-0.2, -0.15) is 0 Å². The van der Waals surface area contributed by atoms with Crippen molar-refractivity contribution in [1.82, 2.24) is 9.88 Å². The Morgan fingerprint density at radius 2 is 2.06 bits per heavy atom. The maximum atomic E-state index is 12.2. The highest BCUT2D eigenvalue weighted by Gasteiger charge is 2.07. The largest absolute Gasteiger partial charge is 0.312 e. The molecule has 3 nitrogen and oxygen atoms in total. The van der Waals surface area contributed by atoms with E-state index in [0.29, 0.717) is 12.5 Å². The van der Waals surface area contributed by atoms with Gasteiger partial charge in [0.15, 0.2) is 0 Å². The zero-order valence-electron chi connectivity index (χ0n) is 11.4. The normalized spacial score (nSPS) is 13.0. The molecular formula is C14H24N2O. The van der Waals surface area contributed by atoms with Gasteiger partial charge in [0.05, 0.1) is 0 Å². The summed E-state index contributed by atoms with van der Waals surface area (Å²) in [5, 5.41) is 3.31. The minimum absolute atomic E-state index is 0.137. The first-order chi connectivity index (χ1) is 8.06. The Labute approximate surface area is 104 Å². The van der Waals surface area contributed by atoms with E-state index in [1.165, 1.54) is 0 Å². The Hall–Kier alpha value is -1.09. The second-order valence-corrected chi connectivity index (χ2v) is 5.03. The van der Waals surface area contributed by atoms with E-state index in [9.17, 15) is 4.79 Å². The second-order valence-electron chi connectivity index (χ2n) is 5.03. The lowest BCUT2D eigenvalue weighted by Crippen LogP contribution is -2.29. The van der Waals surface area contributed by atoms with E-state index in [1.807, 2.05) is 22.9 Å². The first-order valence-electron chi connectivity index (χ1n) is 6.47. The molecule has 1 heterocycles. The fraction of sp³-hybridized carbons (Fsp3) is 0.643. The average Bonchev–Trinajstić information content (AvgIpc) is 2.30. The summed E-state index contributed by atoms with van der Waals surface area (Å²) in [5.74, 6) is 0.607. The summed E-state index contributed by atoms with van der Waals surface area (Å²) < 4.78 is 1.83. The summed E-state index contributed by atoms with van der Waals surface area (Å²) in [6, 6.07) is 4.14. The summed E-state index contributed by atoms with van der Waals surface area (Å²) in [4.78, 5) is 12.2. The van der Waals surface area contributed by atoms with Gasteiger partial charge in [0.25, 0.3) is 5.56 Å². The SMILES string of the molecule is CCC(C)n1cccc(CNCC(C)C)c1=O. The maximum absolute atomic E-state index is 12.2. The molecule has 1 aromatic rings. The molecular weight excluding hydrogens is 212 g/mol. The van der Waals surface area contributed by atoms with Crippen LogP contribution in [0.1, 0.15) is 45.7 Å². The molecule has 1 aromatic heterocycles. The molecule has 17 heavy (non-hydrogen) atoms. The van der Waals surface area contributed by atoms with Crippen LogP contribution in [0.5, 0.6) is 0 Å². The lowest BCUT2D eigenvalue weighted by atomic mass is 10.2. The first-order valence-corrected chi connectivity index (χ1v) is 6.47. The van der Waals surface area contributed by atoms with E-state index < -0.39 is 0 Å². The molecule has 0 spiro atoms. The molecule has 0 saturated heterocycles. The fourth-order valence-corrected chi connectivity index (χ4v) is 1.73. The molecule has 0 bridgehead atoms. The number of pyridine rings is 1. The van der Waals surface area contributed by atoms with Gasteiger partial charge in [-0.05, 0) is 31.9 Å². The predicted octanol–water partition coefficient (Wildman–Crippen LogP) is 2.56. The molecule has 0 fully saturated rings. The van der Waals surface area contributed by atoms with Crippen LogP contribution in [-0.2, 0) is 6.54 Å². The first kappa shape index (κ1) is 14.0. The van der Waals surface area contributed by atoms with Crippen molar-refractivity contribution in [3.05, 3.63) is 34.2 Å². The summed E-state index contributed by atoms with van der Waals surface area (Å²) >= 11 is 0. The van der Waals surface area contributed by atoms with Crippen LogP contribution in [0.3, 0.4) is 0 Å². The van der Waals surface area contributed by atoms with Crippen LogP contribution in [0.15, 0.2) is 23.1 Å². The van der Waals surface area contributed by atoms with Gasteiger partial charge >= 0.3 is 0 Å². The van der Waals surface area contributed by atoms with Gasteiger partial charge in [-0.3, -0.25) is 4.79 Å². The van der Waals surface area contributed by atoms with Crippen molar-refractivity contribution in [3.8, 4) is 0 Å². The molecule has 1 N–H and O–H groups in total. The Kier molecular flexibility index (Phi) is 5.42. The van der Waals surface area contributed by atoms with Gasteiger partial charge in [0.1, 0.15) is 0 Å². The van der Waals surface area contributed by atoms with Crippen molar-refractivity contribution < 1.29 is 0 Å². The third-order valence-corrected chi connectivity index (χ3v) is 2.99. The number of hydrogen-bond acceptors (Lipinski definition) is 2. The van der Waals surface area contributed by atoms with E-state index in [0.717, 1.165) is 18.5 Å². The monoisotopic (exact) mass is 236 g/mol. The number of aromatic nitrogens is 1. The summed E-state index contributed by atoms with van der Waals surface area (Å²) in [6.45, 7) is 10.1. The van der Waals surface area contributed by atoms with E-state index in [1.54, 1.807) is 0 Å². The molecule has 0 aromatic carbocycles. The lowest BCUT2D eigenvalue weighted by molar-refractivity contribution is 0.504. The molecule has 3 heteroatoms.